The monoisotopic (exact) mass is 434 g/mol. The number of carbonyl (C=O) groups is 3. The number of aliphatic carboxylic acids is 1. The zero-order valence-electron chi connectivity index (χ0n) is 17.9. The Balaban J connectivity index is 1.14. The van der Waals surface area contributed by atoms with Crippen LogP contribution in [0.15, 0.2) is 48.5 Å². The first-order chi connectivity index (χ1) is 15.4. The van der Waals surface area contributed by atoms with Crippen molar-refractivity contribution in [3.8, 4) is 11.1 Å². The van der Waals surface area contributed by atoms with Crippen molar-refractivity contribution in [2.75, 3.05) is 19.7 Å². The van der Waals surface area contributed by atoms with E-state index in [1.807, 2.05) is 24.3 Å². The van der Waals surface area contributed by atoms with Crippen LogP contribution in [0.1, 0.15) is 36.8 Å². The van der Waals surface area contributed by atoms with Crippen LogP contribution in [-0.4, -0.2) is 53.7 Å². The van der Waals surface area contributed by atoms with Gasteiger partial charge >= 0.3 is 12.1 Å². The van der Waals surface area contributed by atoms with Gasteiger partial charge < -0.3 is 20.1 Å². The van der Waals surface area contributed by atoms with Gasteiger partial charge in [0, 0.05) is 31.5 Å². The summed E-state index contributed by atoms with van der Waals surface area (Å²) in [7, 11) is 0. The van der Waals surface area contributed by atoms with Gasteiger partial charge in [-0.1, -0.05) is 48.5 Å². The lowest BCUT2D eigenvalue weighted by atomic mass is 9.98. The standard InChI is InChI=1S/C25H26N2O5/c1-15(10-22(28)27-12-16-11-25(16,14-27)23(29)30)26-24(31)32-13-21-19-8-4-2-6-17(19)18-7-3-5-9-20(18)21/h2-9,15-16,21H,10-14H2,1H3,(H,26,31)(H,29,30)/t15-,16?,25?/m1/s1. The summed E-state index contributed by atoms with van der Waals surface area (Å²) >= 11 is 0. The Labute approximate surface area is 186 Å². The number of alkyl carbamates (subject to hydrolysis) is 1. The molecule has 7 heteroatoms. The second kappa shape index (κ2) is 7.65. The average molecular weight is 434 g/mol. The van der Waals surface area contributed by atoms with Crippen molar-refractivity contribution in [1.29, 1.82) is 0 Å². The summed E-state index contributed by atoms with van der Waals surface area (Å²) in [5, 5.41) is 12.1. The largest absolute Gasteiger partial charge is 0.481 e. The maximum atomic E-state index is 12.6. The second-order valence-corrected chi connectivity index (χ2v) is 9.21. The molecule has 2 aromatic rings. The summed E-state index contributed by atoms with van der Waals surface area (Å²) in [4.78, 5) is 38.0. The summed E-state index contributed by atoms with van der Waals surface area (Å²) in [6, 6.07) is 15.9. The smallest absolute Gasteiger partial charge is 0.407 e. The number of rotatable bonds is 6. The predicted molar refractivity (Wildman–Crippen MR) is 117 cm³/mol. The van der Waals surface area contributed by atoms with Crippen molar-refractivity contribution in [2.45, 2.75) is 31.7 Å². The Hall–Kier alpha value is -3.35. The third-order valence-electron chi connectivity index (χ3n) is 7.11. The van der Waals surface area contributed by atoms with Crippen LogP contribution < -0.4 is 5.32 Å². The normalized spacial score (nSPS) is 23.7. The number of amides is 2. The number of fused-ring (bicyclic) bond motifs is 4. The minimum Gasteiger partial charge on any atom is -0.481 e. The van der Waals surface area contributed by atoms with E-state index in [2.05, 4.69) is 29.6 Å². The summed E-state index contributed by atoms with van der Waals surface area (Å²) in [5.74, 6) is -0.908. The molecule has 0 spiro atoms. The lowest BCUT2D eigenvalue weighted by Crippen LogP contribution is -2.40. The van der Waals surface area contributed by atoms with E-state index < -0.39 is 23.5 Å². The number of piperidine rings is 1. The Kier molecular flexibility index (Phi) is 4.92. The van der Waals surface area contributed by atoms with Gasteiger partial charge in [0.2, 0.25) is 5.91 Å². The number of carboxylic acid groups (broad SMARTS) is 1. The average Bonchev–Trinajstić information content (AvgIpc) is 3.20. The van der Waals surface area contributed by atoms with E-state index in [1.165, 1.54) is 11.1 Å². The van der Waals surface area contributed by atoms with E-state index in [1.54, 1.807) is 11.8 Å². The fraction of sp³-hybridized carbons (Fsp3) is 0.400. The molecule has 3 atom stereocenters. The topological polar surface area (TPSA) is 95.9 Å². The molecule has 2 unspecified atom stereocenters. The molecule has 2 fully saturated rings. The van der Waals surface area contributed by atoms with Crippen molar-refractivity contribution < 1.29 is 24.2 Å². The molecule has 0 bridgehead atoms. The number of benzene rings is 2. The van der Waals surface area contributed by atoms with Gasteiger partial charge in [-0.25, -0.2) is 4.79 Å². The Bertz CT molecular complexity index is 1050. The van der Waals surface area contributed by atoms with E-state index >= 15 is 0 Å². The zero-order chi connectivity index (χ0) is 22.5. The lowest BCUT2D eigenvalue weighted by Gasteiger charge is -2.22. The van der Waals surface area contributed by atoms with Gasteiger partial charge in [-0.3, -0.25) is 9.59 Å². The molecule has 1 heterocycles. The molecule has 2 aromatic carbocycles. The van der Waals surface area contributed by atoms with Gasteiger partial charge in [-0.05, 0) is 41.5 Å². The van der Waals surface area contributed by atoms with Gasteiger partial charge in [0.15, 0.2) is 0 Å². The molecule has 5 rings (SSSR count). The maximum Gasteiger partial charge on any atom is 0.407 e. The highest BCUT2D eigenvalue weighted by Crippen LogP contribution is 2.58. The summed E-state index contributed by atoms with van der Waals surface area (Å²) in [6.45, 7) is 2.73. The number of hydrogen-bond donors (Lipinski definition) is 2. The van der Waals surface area contributed by atoms with E-state index in [9.17, 15) is 19.5 Å². The Morgan fingerprint density at radius 1 is 1.12 bits per heavy atom. The zero-order valence-corrected chi connectivity index (χ0v) is 17.9. The fourth-order valence-corrected chi connectivity index (χ4v) is 5.29. The molecule has 0 radical (unpaired) electrons. The number of carbonyl (C=O) groups excluding carboxylic acids is 2. The molecule has 1 saturated carbocycles. The van der Waals surface area contributed by atoms with Gasteiger partial charge in [-0.2, -0.15) is 0 Å². The molecule has 32 heavy (non-hydrogen) atoms. The highest BCUT2D eigenvalue weighted by molar-refractivity contribution is 5.84. The van der Waals surface area contributed by atoms with E-state index in [0.29, 0.717) is 13.0 Å². The highest BCUT2D eigenvalue weighted by Gasteiger charge is 2.66. The molecule has 2 N–H and O–H groups in total. The number of likely N-dealkylation sites (tertiary alicyclic amines) is 1. The van der Waals surface area contributed by atoms with Gasteiger partial charge in [0.05, 0.1) is 5.41 Å². The molecule has 1 saturated heterocycles. The maximum absolute atomic E-state index is 12.6. The third kappa shape index (κ3) is 3.42. The van der Waals surface area contributed by atoms with Crippen LogP contribution in [0.4, 0.5) is 4.79 Å². The minimum atomic E-state index is -0.817. The van der Waals surface area contributed by atoms with Crippen LogP contribution in [0.5, 0.6) is 0 Å². The number of hydrogen-bond acceptors (Lipinski definition) is 4. The third-order valence-corrected chi connectivity index (χ3v) is 7.11. The molecule has 7 nitrogen and oxygen atoms in total. The molecular formula is C25H26N2O5. The van der Waals surface area contributed by atoms with Gasteiger partial charge in [-0.15, -0.1) is 0 Å². The fourth-order valence-electron chi connectivity index (χ4n) is 5.29. The second-order valence-electron chi connectivity index (χ2n) is 9.21. The first-order valence-corrected chi connectivity index (χ1v) is 11.0. The summed E-state index contributed by atoms with van der Waals surface area (Å²) < 4.78 is 5.54. The van der Waals surface area contributed by atoms with Crippen LogP contribution in [-0.2, 0) is 14.3 Å². The van der Waals surface area contributed by atoms with Crippen molar-refractivity contribution in [1.82, 2.24) is 10.2 Å². The van der Waals surface area contributed by atoms with E-state index in [-0.39, 0.29) is 37.3 Å². The molecule has 2 amide bonds. The number of carboxylic acids is 1. The molecule has 1 aliphatic heterocycles. The highest BCUT2D eigenvalue weighted by atomic mass is 16.5. The molecule has 0 aromatic heterocycles. The molecule has 2 aliphatic carbocycles. The Morgan fingerprint density at radius 2 is 1.75 bits per heavy atom. The van der Waals surface area contributed by atoms with E-state index in [4.69, 9.17) is 4.74 Å². The van der Waals surface area contributed by atoms with Gasteiger partial charge in [0.25, 0.3) is 0 Å². The number of nitrogens with one attached hydrogen (secondary N) is 1. The minimum absolute atomic E-state index is 0.0198. The predicted octanol–water partition coefficient (Wildman–Crippen LogP) is 3.24. The molecule has 3 aliphatic rings. The Morgan fingerprint density at radius 3 is 2.34 bits per heavy atom. The van der Waals surface area contributed by atoms with Crippen LogP contribution >= 0.6 is 0 Å². The molecular weight excluding hydrogens is 408 g/mol. The van der Waals surface area contributed by atoms with Crippen molar-refractivity contribution in [3.63, 3.8) is 0 Å². The summed E-state index contributed by atoms with van der Waals surface area (Å²) in [5.41, 5.74) is 3.88. The lowest BCUT2D eigenvalue weighted by molar-refractivity contribution is -0.144. The SMILES string of the molecule is C[C@H](CC(=O)N1CC2CC2(C(=O)O)C1)NC(=O)OCC1c2ccccc2-c2ccccc21. The van der Waals surface area contributed by atoms with Crippen LogP contribution in [0.3, 0.4) is 0 Å². The van der Waals surface area contributed by atoms with Crippen molar-refractivity contribution in [3.05, 3.63) is 59.7 Å². The van der Waals surface area contributed by atoms with Crippen LogP contribution in [0.25, 0.3) is 11.1 Å². The van der Waals surface area contributed by atoms with Crippen LogP contribution in [0.2, 0.25) is 0 Å². The van der Waals surface area contributed by atoms with Gasteiger partial charge in [0.1, 0.15) is 6.61 Å². The first-order valence-electron chi connectivity index (χ1n) is 11.0. The number of nitrogens with zero attached hydrogens (tertiary/aromatic N) is 1. The summed E-state index contributed by atoms with van der Waals surface area (Å²) in [6.07, 6.45) is 0.213. The van der Waals surface area contributed by atoms with Crippen molar-refractivity contribution >= 4 is 18.0 Å². The van der Waals surface area contributed by atoms with Crippen molar-refractivity contribution in [2.24, 2.45) is 11.3 Å². The van der Waals surface area contributed by atoms with Crippen LogP contribution in [0, 0.1) is 11.3 Å². The number of ether oxygens (including phenoxy) is 1. The van der Waals surface area contributed by atoms with E-state index in [0.717, 1.165) is 11.1 Å². The first kappa shape index (κ1) is 20.5. The quantitative estimate of drug-likeness (QED) is 0.728. The molecule has 166 valence electrons.